The number of nitriles is 1. The van der Waals surface area contributed by atoms with Crippen molar-refractivity contribution < 1.29 is 13.2 Å². The van der Waals surface area contributed by atoms with E-state index in [-0.39, 0.29) is 18.4 Å². The number of sulfone groups is 1. The first-order valence-electron chi connectivity index (χ1n) is 8.35. The van der Waals surface area contributed by atoms with E-state index in [9.17, 15) is 13.2 Å². The molecule has 0 saturated heterocycles. The van der Waals surface area contributed by atoms with Gasteiger partial charge in [-0.3, -0.25) is 4.79 Å². The van der Waals surface area contributed by atoms with E-state index in [4.69, 9.17) is 5.26 Å². The van der Waals surface area contributed by atoms with E-state index < -0.39 is 9.84 Å². The quantitative estimate of drug-likeness (QED) is 0.800. The van der Waals surface area contributed by atoms with Crippen LogP contribution in [-0.4, -0.2) is 27.1 Å². The maximum atomic E-state index is 12.2. The monoisotopic (exact) mass is 348 g/mol. The van der Waals surface area contributed by atoms with Gasteiger partial charge in [0.05, 0.1) is 11.0 Å². The van der Waals surface area contributed by atoms with E-state index in [0.717, 1.165) is 44.1 Å². The second-order valence-corrected chi connectivity index (χ2v) is 8.50. The standard InChI is InChI=1S/C18H24N2O3S/c1-24(22,23)16-10-7-14(8-11-16)6-9-15-4-2-3-5-17(15)18(21)20-13-12-19/h7-8,10-11,15,17H,2-6,9,13H2,1H3,(H,20,21). The van der Waals surface area contributed by atoms with Crippen molar-refractivity contribution >= 4 is 15.7 Å². The molecule has 1 aliphatic carbocycles. The van der Waals surface area contributed by atoms with Crippen LogP contribution in [0.2, 0.25) is 0 Å². The first-order valence-corrected chi connectivity index (χ1v) is 10.2. The third kappa shape index (κ3) is 5.07. The Morgan fingerprint density at radius 3 is 2.54 bits per heavy atom. The average Bonchev–Trinajstić information content (AvgIpc) is 2.57. The lowest BCUT2D eigenvalue weighted by Crippen LogP contribution is -2.37. The van der Waals surface area contributed by atoms with Crippen molar-refractivity contribution in [2.75, 3.05) is 12.8 Å². The molecule has 0 spiro atoms. The molecule has 2 atom stereocenters. The summed E-state index contributed by atoms with van der Waals surface area (Å²) in [5, 5.41) is 11.3. The van der Waals surface area contributed by atoms with E-state index in [1.54, 1.807) is 12.1 Å². The number of carbonyl (C=O) groups excluding carboxylic acids is 1. The molecule has 0 heterocycles. The van der Waals surface area contributed by atoms with Gasteiger partial charge in [-0.25, -0.2) is 8.42 Å². The number of amides is 1. The van der Waals surface area contributed by atoms with Crippen LogP contribution in [0.3, 0.4) is 0 Å². The topological polar surface area (TPSA) is 87.0 Å². The molecule has 1 aliphatic rings. The Morgan fingerprint density at radius 1 is 1.25 bits per heavy atom. The van der Waals surface area contributed by atoms with Gasteiger partial charge < -0.3 is 5.32 Å². The Kier molecular flexibility index (Phi) is 6.38. The van der Waals surface area contributed by atoms with Crippen molar-refractivity contribution in [3.63, 3.8) is 0 Å². The largest absolute Gasteiger partial charge is 0.343 e. The van der Waals surface area contributed by atoms with E-state index in [1.807, 2.05) is 18.2 Å². The highest BCUT2D eigenvalue weighted by molar-refractivity contribution is 7.90. The van der Waals surface area contributed by atoms with Crippen LogP contribution in [0.15, 0.2) is 29.2 Å². The van der Waals surface area contributed by atoms with Gasteiger partial charge in [0.25, 0.3) is 0 Å². The van der Waals surface area contributed by atoms with Crippen molar-refractivity contribution in [1.29, 1.82) is 5.26 Å². The molecule has 1 amide bonds. The lowest BCUT2D eigenvalue weighted by Gasteiger charge is -2.30. The minimum absolute atomic E-state index is 0.00586. The molecule has 2 unspecified atom stereocenters. The molecular formula is C18H24N2O3S. The molecule has 0 aromatic heterocycles. The Morgan fingerprint density at radius 2 is 1.92 bits per heavy atom. The third-order valence-corrected chi connectivity index (χ3v) is 5.87. The Hall–Kier alpha value is -1.87. The van der Waals surface area contributed by atoms with Crippen LogP contribution in [0.1, 0.15) is 37.7 Å². The van der Waals surface area contributed by atoms with Crippen LogP contribution >= 0.6 is 0 Å². The molecule has 6 heteroatoms. The van der Waals surface area contributed by atoms with Crippen molar-refractivity contribution in [2.24, 2.45) is 11.8 Å². The molecule has 1 aromatic carbocycles. The Labute approximate surface area is 144 Å². The number of aryl methyl sites for hydroxylation is 1. The van der Waals surface area contributed by atoms with E-state index >= 15 is 0 Å². The normalized spacial score (nSPS) is 21.0. The molecule has 1 fully saturated rings. The zero-order chi connectivity index (χ0) is 17.6. The first kappa shape index (κ1) is 18.5. The maximum absolute atomic E-state index is 12.2. The third-order valence-electron chi connectivity index (χ3n) is 4.74. The number of rotatable bonds is 6. The molecule has 1 aromatic rings. The van der Waals surface area contributed by atoms with E-state index in [2.05, 4.69) is 5.32 Å². The van der Waals surface area contributed by atoms with Crippen LogP contribution in [0.4, 0.5) is 0 Å². The van der Waals surface area contributed by atoms with Crippen LogP contribution in [-0.2, 0) is 21.1 Å². The van der Waals surface area contributed by atoms with Crippen LogP contribution in [0, 0.1) is 23.2 Å². The van der Waals surface area contributed by atoms with Gasteiger partial charge in [-0.05, 0) is 49.3 Å². The average molecular weight is 348 g/mol. The number of benzene rings is 1. The summed E-state index contributed by atoms with van der Waals surface area (Å²) in [4.78, 5) is 12.5. The van der Waals surface area contributed by atoms with Gasteiger partial charge in [-0.15, -0.1) is 0 Å². The van der Waals surface area contributed by atoms with Gasteiger partial charge in [0, 0.05) is 12.2 Å². The van der Waals surface area contributed by atoms with E-state index in [0.29, 0.717) is 10.8 Å². The molecule has 0 radical (unpaired) electrons. The number of nitrogens with one attached hydrogen (secondary N) is 1. The summed E-state index contributed by atoms with van der Waals surface area (Å²) in [5.74, 6) is 0.308. The van der Waals surface area contributed by atoms with Gasteiger partial charge in [0.1, 0.15) is 6.54 Å². The zero-order valence-corrected chi connectivity index (χ0v) is 14.8. The maximum Gasteiger partial charge on any atom is 0.224 e. The molecule has 0 bridgehead atoms. The summed E-state index contributed by atoms with van der Waals surface area (Å²) in [6, 6.07) is 8.93. The van der Waals surface area contributed by atoms with Crippen LogP contribution in [0.5, 0.6) is 0 Å². The predicted octanol–water partition coefficient (Wildman–Crippen LogP) is 2.47. The highest BCUT2D eigenvalue weighted by Gasteiger charge is 2.30. The summed E-state index contributed by atoms with van der Waals surface area (Å²) in [7, 11) is -3.16. The highest BCUT2D eigenvalue weighted by Crippen LogP contribution is 2.33. The highest BCUT2D eigenvalue weighted by atomic mass is 32.2. The number of carbonyl (C=O) groups is 1. The van der Waals surface area contributed by atoms with Crippen LogP contribution < -0.4 is 5.32 Å². The van der Waals surface area contributed by atoms with Gasteiger partial charge in [-0.2, -0.15) is 5.26 Å². The molecule has 130 valence electrons. The molecule has 24 heavy (non-hydrogen) atoms. The fourth-order valence-electron chi connectivity index (χ4n) is 3.41. The van der Waals surface area contributed by atoms with Crippen molar-refractivity contribution in [3.8, 4) is 6.07 Å². The van der Waals surface area contributed by atoms with Gasteiger partial charge in [0.2, 0.25) is 5.91 Å². The smallest absolute Gasteiger partial charge is 0.224 e. The SMILES string of the molecule is CS(=O)(=O)c1ccc(CCC2CCCCC2C(=O)NCC#N)cc1. The van der Waals surface area contributed by atoms with Gasteiger partial charge in [-0.1, -0.05) is 25.0 Å². The van der Waals surface area contributed by atoms with Gasteiger partial charge >= 0.3 is 0 Å². The fraction of sp³-hybridized carbons (Fsp3) is 0.556. The number of hydrogen-bond acceptors (Lipinski definition) is 4. The lowest BCUT2D eigenvalue weighted by atomic mass is 9.76. The zero-order valence-electron chi connectivity index (χ0n) is 14.0. The summed E-state index contributed by atoms with van der Waals surface area (Å²) < 4.78 is 23.0. The molecule has 1 N–H and O–H groups in total. The number of nitrogens with zero attached hydrogens (tertiary/aromatic N) is 1. The molecule has 5 nitrogen and oxygen atoms in total. The molecular weight excluding hydrogens is 324 g/mol. The first-order chi connectivity index (χ1) is 11.4. The summed E-state index contributed by atoms with van der Waals surface area (Å²) in [6.07, 6.45) is 7.05. The Balaban J connectivity index is 1.96. The summed E-state index contributed by atoms with van der Waals surface area (Å²) in [6.45, 7) is 0.0645. The molecule has 1 saturated carbocycles. The summed E-state index contributed by atoms with van der Waals surface area (Å²) >= 11 is 0. The summed E-state index contributed by atoms with van der Waals surface area (Å²) in [5.41, 5.74) is 1.09. The minimum atomic E-state index is -3.16. The molecule has 0 aliphatic heterocycles. The number of hydrogen-bond donors (Lipinski definition) is 1. The Bertz CT molecular complexity index is 705. The minimum Gasteiger partial charge on any atom is -0.343 e. The lowest BCUT2D eigenvalue weighted by molar-refractivity contribution is -0.127. The second kappa shape index (κ2) is 8.29. The van der Waals surface area contributed by atoms with Gasteiger partial charge in [0.15, 0.2) is 9.84 Å². The van der Waals surface area contributed by atoms with Crippen molar-refractivity contribution in [3.05, 3.63) is 29.8 Å². The second-order valence-electron chi connectivity index (χ2n) is 6.48. The predicted molar refractivity (Wildman–Crippen MR) is 91.9 cm³/mol. The fourth-order valence-corrected chi connectivity index (χ4v) is 4.04. The van der Waals surface area contributed by atoms with Crippen molar-refractivity contribution in [1.82, 2.24) is 5.32 Å². The van der Waals surface area contributed by atoms with Crippen molar-refractivity contribution in [2.45, 2.75) is 43.4 Å². The molecule has 2 rings (SSSR count). The van der Waals surface area contributed by atoms with Crippen LogP contribution in [0.25, 0.3) is 0 Å². The van der Waals surface area contributed by atoms with E-state index in [1.165, 1.54) is 6.26 Å².